The van der Waals surface area contributed by atoms with Gasteiger partial charge >= 0.3 is 0 Å². The lowest BCUT2D eigenvalue weighted by molar-refractivity contribution is 0.0739. The number of rotatable bonds is 4. The molecule has 7 heteroatoms. The number of carbonyl (C=O) groups is 2. The van der Waals surface area contributed by atoms with Gasteiger partial charge in [0, 0.05) is 23.7 Å². The zero-order valence-corrected chi connectivity index (χ0v) is 17.2. The Hall–Kier alpha value is -1.59. The van der Waals surface area contributed by atoms with Crippen molar-refractivity contribution in [2.75, 3.05) is 13.1 Å². The molecule has 2 aromatic carbocycles. The minimum absolute atomic E-state index is 0. The highest BCUT2D eigenvalue weighted by Crippen LogP contribution is 2.27. The monoisotopic (exact) mass is 426 g/mol. The second-order valence-corrected chi connectivity index (χ2v) is 7.46. The summed E-state index contributed by atoms with van der Waals surface area (Å²) >= 11 is 12.0. The van der Waals surface area contributed by atoms with Gasteiger partial charge in [-0.25, -0.2) is 0 Å². The van der Waals surface area contributed by atoms with Crippen LogP contribution < -0.4 is 5.73 Å². The minimum atomic E-state index is -0.255. The molecule has 0 saturated carbocycles. The van der Waals surface area contributed by atoms with Crippen molar-refractivity contribution in [3.63, 3.8) is 0 Å². The molecule has 2 unspecified atom stereocenters. The van der Waals surface area contributed by atoms with E-state index in [1.54, 1.807) is 41.3 Å². The second kappa shape index (κ2) is 9.07. The minimum Gasteiger partial charge on any atom is -0.336 e. The molecule has 2 N–H and O–H groups in total. The average Bonchev–Trinajstić information content (AvgIpc) is 3.03. The second-order valence-electron chi connectivity index (χ2n) is 6.65. The Morgan fingerprint density at radius 3 is 2.37 bits per heavy atom. The lowest BCUT2D eigenvalue weighted by Gasteiger charge is -2.22. The number of carbonyl (C=O) groups excluding carboxylic acids is 2. The molecule has 0 aliphatic carbocycles. The fraction of sp³-hybridized carbons (Fsp3) is 0.300. The molecular formula is C20H21Cl3N2O2. The van der Waals surface area contributed by atoms with Gasteiger partial charge < -0.3 is 10.6 Å². The van der Waals surface area contributed by atoms with E-state index in [9.17, 15) is 9.59 Å². The molecular weight excluding hydrogens is 407 g/mol. The highest BCUT2D eigenvalue weighted by Gasteiger charge is 2.33. The molecule has 0 aromatic heterocycles. The first kappa shape index (κ1) is 21.7. The molecule has 0 radical (unpaired) electrons. The fourth-order valence-electron chi connectivity index (χ4n) is 3.41. The third kappa shape index (κ3) is 4.46. The molecule has 1 aliphatic rings. The number of likely N-dealkylation sites (tertiary alicyclic amines) is 1. The fourth-order valence-corrected chi connectivity index (χ4v) is 3.71. The molecule has 1 amide bonds. The number of hydrogen-bond donors (Lipinski definition) is 1. The van der Waals surface area contributed by atoms with E-state index in [2.05, 4.69) is 0 Å². The Balaban J connectivity index is 0.00000261. The van der Waals surface area contributed by atoms with Gasteiger partial charge in [-0.15, -0.1) is 12.4 Å². The van der Waals surface area contributed by atoms with Crippen LogP contribution in [0, 0.1) is 5.92 Å². The van der Waals surface area contributed by atoms with Crippen LogP contribution in [0.5, 0.6) is 0 Å². The van der Waals surface area contributed by atoms with Gasteiger partial charge in [0.25, 0.3) is 5.91 Å². The van der Waals surface area contributed by atoms with Crippen molar-refractivity contribution in [1.82, 2.24) is 4.90 Å². The van der Waals surface area contributed by atoms with Gasteiger partial charge in [0.2, 0.25) is 0 Å². The first-order chi connectivity index (χ1) is 12.4. The average molecular weight is 428 g/mol. The summed E-state index contributed by atoms with van der Waals surface area (Å²) in [6.45, 7) is 3.18. The number of amides is 1. The van der Waals surface area contributed by atoms with Gasteiger partial charge in [-0.1, -0.05) is 41.4 Å². The Bertz CT molecular complexity index is 857. The Labute approximate surface area is 175 Å². The van der Waals surface area contributed by atoms with Gasteiger partial charge in [0.1, 0.15) is 0 Å². The van der Waals surface area contributed by atoms with Crippen molar-refractivity contribution >= 4 is 47.3 Å². The molecule has 2 aromatic rings. The normalized spacial score (nSPS) is 18.9. The van der Waals surface area contributed by atoms with Gasteiger partial charge in [-0.2, -0.15) is 0 Å². The molecule has 144 valence electrons. The van der Waals surface area contributed by atoms with Crippen molar-refractivity contribution in [2.45, 2.75) is 19.4 Å². The number of hydrogen-bond acceptors (Lipinski definition) is 3. The molecule has 2 atom stereocenters. The summed E-state index contributed by atoms with van der Waals surface area (Å²) in [5.41, 5.74) is 6.92. The summed E-state index contributed by atoms with van der Waals surface area (Å²) < 4.78 is 0. The number of halogens is 3. The van der Waals surface area contributed by atoms with Gasteiger partial charge in [0.15, 0.2) is 5.78 Å². The van der Waals surface area contributed by atoms with Gasteiger partial charge in [-0.3, -0.25) is 9.59 Å². The van der Waals surface area contributed by atoms with E-state index in [0.717, 1.165) is 6.42 Å². The van der Waals surface area contributed by atoms with Crippen LogP contribution >= 0.6 is 35.6 Å². The zero-order chi connectivity index (χ0) is 18.8. The molecule has 1 fully saturated rings. The molecule has 4 nitrogen and oxygen atoms in total. The van der Waals surface area contributed by atoms with E-state index < -0.39 is 0 Å². The number of nitrogens with zero attached hydrogens (tertiary/aromatic N) is 1. The molecule has 0 spiro atoms. The van der Waals surface area contributed by atoms with Crippen molar-refractivity contribution in [2.24, 2.45) is 11.7 Å². The molecule has 3 rings (SSSR count). The molecule has 1 heterocycles. The highest BCUT2D eigenvalue weighted by atomic mass is 35.5. The van der Waals surface area contributed by atoms with Crippen LogP contribution in [-0.2, 0) is 0 Å². The van der Waals surface area contributed by atoms with Crippen molar-refractivity contribution in [3.8, 4) is 0 Å². The van der Waals surface area contributed by atoms with Crippen LogP contribution in [0.15, 0.2) is 42.5 Å². The zero-order valence-electron chi connectivity index (χ0n) is 14.8. The SMILES string of the molecule is CC1CC(CN)CN1C(=O)c1ccccc1C(=O)c1ccc(Cl)c(Cl)c1.Cl. The van der Waals surface area contributed by atoms with E-state index >= 15 is 0 Å². The quantitative estimate of drug-likeness (QED) is 0.733. The summed E-state index contributed by atoms with van der Waals surface area (Å²) in [6, 6.07) is 11.7. The van der Waals surface area contributed by atoms with E-state index in [-0.39, 0.29) is 30.1 Å². The standard InChI is InChI=1S/C20H20Cl2N2O2.ClH/c1-12-8-13(10-23)11-24(12)20(26)16-5-3-2-4-15(16)19(25)14-6-7-17(21)18(22)9-14;/h2-7,9,12-13H,8,10-11,23H2,1H3;1H. The predicted octanol–water partition coefficient (Wildman–Crippen LogP) is 4.46. The highest BCUT2D eigenvalue weighted by molar-refractivity contribution is 6.42. The molecule has 27 heavy (non-hydrogen) atoms. The third-order valence-electron chi connectivity index (χ3n) is 4.84. The van der Waals surface area contributed by atoms with Gasteiger partial charge in [-0.05, 0) is 50.1 Å². The smallest absolute Gasteiger partial charge is 0.254 e. The van der Waals surface area contributed by atoms with Crippen molar-refractivity contribution in [1.29, 1.82) is 0 Å². The lowest BCUT2D eigenvalue weighted by atomic mass is 9.97. The maximum absolute atomic E-state index is 13.1. The molecule has 0 bridgehead atoms. The van der Waals surface area contributed by atoms with Crippen LogP contribution in [-0.4, -0.2) is 35.7 Å². The Morgan fingerprint density at radius 2 is 1.78 bits per heavy atom. The predicted molar refractivity (Wildman–Crippen MR) is 111 cm³/mol. The van der Waals surface area contributed by atoms with Gasteiger partial charge in [0.05, 0.1) is 15.6 Å². The van der Waals surface area contributed by atoms with E-state index in [4.69, 9.17) is 28.9 Å². The summed E-state index contributed by atoms with van der Waals surface area (Å²) in [4.78, 5) is 27.8. The Kier molecular flexibility index (Phi) is 7.29. The third-order valence-corrected chi connectivity index (χ3v) is 5.58. The van der Waals surface area contributed by atoms with E-state index in [1.807, 2.05) is 6.92 Å². The first-order valence-electron chi connectivity index (χ1n) is 8.52. The largest absolute Gasteiger partial charge is 0.336 e. The van der Waals surface area contributed by atoms with Crippen LogP contribution in [0.2, 0.25) is 10.0 Å². The summed E-state index contributed by atoms with van der Waals surface area (Å²) in [5.74, 6) is -0.0981. The van der Waals surface area contributed by atoms with Crippen molar-refractivity contribution in [3.05, 3.63) is 69.2 Å². The van der Waals surface area contributed by atoms with Crippen LogP contribution in [0.25, 0.3) is 0 Å². The van der Waals surface area contributed by atoms with Crippen LogP contribution in [0.3, 0.4) is 0 Å². The number of nitrogens with two attached hydrogens (primary N) is 1. The summed E-state index contributed by atoms with van der Waals surface area (Å²) in [7, 11) is 0. The molecule has 1 aliphatic heterocycles. The lowest BCUT2D eigenvalue weighted by Crippen LogP contribution is -2.35. The van der Waals surface area contributed by atoms with Crippen molar-refractivity contribution < 1.29 is 9.59 Å². The molecule has 1 saturated heterocycles. The maximum Gasteiger partial charge on any atom is 0.254 e. The van der Waals surface area contributed by atoms with E-state index in [1.165, 1.54) is 6.07 Å². The number of benzene rings is 2. The topological polar surface area (TPSA) is 63.4 Å². The Morgan fingerprint density at radius 1 is 1.11 bits per heavy atom. The van der Waals surface area contributed by atoms with E-state index in [0.29, 0.717) is 45.7 Å². The maximum atomic E-state index is 13.1. The summed E-state index contributed by atoms with van der Waals surface area (Å²) in [5, 5.41) is 0.687. The van der Waals surface area contributed by atoms with Crippen LogP contribution in [0.4, 0.5) is 0 Å². The first-order valence-corrected chi connectivity index (χ1v) is 9.27. The number of ketones is 1. The van der Waals surface area contributed by atoms with Crippen LogP contribution in [0.1, 0.15) is 39.6 Å². The summed E-state index contributed by atoms with van der Waals surface area (Å²) in [6.07, 6.45) is 0.880.